The molecule has 8 nitrogen and oxygen atoms in total. The summed E-state index contributed by atoms with van der Waals surface area (Å²) in [5, 5.41) is 16.8. The first-order chi connectivity index (χ1) is 16.5. The molecule has 2 unspecified atom stereocenters. The van der Waals surface area contributed by atoms with Crippen LogP contribution in [0.25, 0.3) is 0 Å². The number of nitrogens with zero attached hydrogens (tertiary/aromatic N) is 1. The van der Waals surface area contributed by atoms with Crippen molar-refractivity contribution in [2.24, 2.45) is 0 Å². The van der Waals surface area contributed by atoms with Crippen molar-refractivity contribution in [3.63, 3.8) is 0 Å². The molecule has 0 saturated carbocycles. The third-order valence-corrected chi connectivity index (χ3v) is 7.21. The number of methoxy groups -OCH3 is 1. The largest absolute Gasteiger partial charge is 0.497 e. The van der Waals surface area contributed by atoms with Crippen molar-refractivity contribution < 1.29 is 24.2 Å². The third kappa shape index (κ3) is 4.53. The van der Waals surface area contributed by atoms with Crippen LogP contribution >= 0.6 is 0 Å². The number of rotatable bonds is 6. The minimum atomic E-state index is -0.725. The predicted molar refractivity (Wildman–Crippen MR) is 126 cm³/mol. The van der Waals surface area contributed by atoms with Crippen molar-refractivity contribution >= 4 is 11.8 Å². The SMILES string of the molecule is COc1ccc2c(c1)CN[C@H]([C@H](O)CNC(=O)c1ccc(C(=O)N3C4CCC3COC4)cc1)C2. The van der Waals surface area contributed by atoms with E-state index in [4.69, 9.17) is 9.47 Å². The maximum absolute atomic E-state index is 13.0. The molecular weight excluding hydrogens is 434 g/mol. The molecule has 3 heterocycles. The molecule has 2 aromatic carbocycles. The molecule has 8 heteroatoms. The van der Waals surface area contributed by atoms with Gasteiger partial charge in [-0.1, -0.05) is 6.07 Å². The van der Waals surface area contributed by atoms with Crippen LogP contribution in [0, 0.1) is 0 Å². The monoisotopic (exact) mass is 465 g/mol. The molecule has 4 atom stereocenters. The minimum Gasteiger partial charge on any atom is -0.497 e. The Bertz CT molecular complexity index is 1040. The van der Waals surface area contributed by atoms with E-state index >= 15 is 0 Å². The number of amides is 2. The van der Waals surface area contributed by atoms with Crippen LogP contribution in [0.1, 0.15) is 44.7 Å². The Labute approximate surface area is 199 Å². The van der Waals surface area contributed by atoms with Crippen LogP contribution in [0.4, 0.5) is 0 Å². The number of morpholine rings is 1. The maximum atomic E-state index is 13.0. The number of hydrogen-bond acceptors (Lipinski definition) is 6. The van der Waals surface area contributed by atoms with E-state index in [-0.39, 0.29) is 36.5 Å². The number of carbonyl (C=O) groups excluding carboxylic acids is 2. The smallest absolute Gasteiger partial charge is 0.254 e. The summed E-state index contributed by atoms with van der Waals surface area (Å²) < 4.78 is 10.8. The van der Waals surface area contributed by atoms with E-state index in [9.17, 15) is 14.7 Å². The number of hydrogen-bond donors (Lipinski definition) is 3. The molecule has 3 N–H and O–H groups in total. The van der Waals surface area contributed by atoms with Crippen LogP contribution in [-0.2, 0) is 17.7 Å². The van der Waals surface area contributed by atoms with Crippen LogP contribution in [0.3, 0.4) is 0 Å². The lowest BCUT2D eigenvalue weighted by atomic mass is 9.92. The summed E-state index contributed by atoms with van der Waals surface area (Å²) >= 11 is 0. The van der Waals surface area contributed by atoms with Gasteiger partial charge in [0.1, 0.15) is 5.75 Å². The van der Waals surface area contributed by atoms with Crippen LogP contribution in [-0.4, -0.2) is 72.9 Å². The number of benzene rings is 2. The fraction of sp³-hybridized carbons (Fsp3) is 0.462. The Kier molecular flexibility index (Phi) is 6.54. The third-order valence-electron chi connectivity index (χ3n) is 7.21. The van der Waals surface area contributed by atoms with E-state index in [0.717, 1.165) is 24.2 Å². The first-order valence-electron chi connectivity index (χ1n) is 11.9. The van der Waals surface area contributed by atoms with E-state index in [1.165, 1.54) is 5.56 Å². The summed E-state index contributed by atoms with van der Waals surface area (Å²) in [6.07, 6.45) is 1.91. The highest BCUT2D eigenvalue weighted by atomic mass is 16.5. The summed E-state index contributed by atoms with van der Waals surface area (Å²) in [4.78, 5) is 27.6. The molecule has 34 heavy (non-hydrogen) atoms. The molecule has 2 amide bonds. The van der Waals surface area contributed by atoms with Crippen LogP contribution in [0.2, 0.25) is 0 Å². The Morgan fingerprint density at radius 2 is 1.82 bits per heavy atom. The van der Waals surface area contributed by atoms with Crippen LogP contribution in [0.15, 0.2) is 42.5 Å². The summed E-state index contributed by atoms with van der Waals surface area (Å²) in [6, 6.07) is 12.9. The quantitative estimate of drug-likeness (QED) is 0.598. The van der Waals surface area contributed by atoms with Crippen molar-refractivity contribution in [2.75, 3.05) is 26.9 Å². The minimum absolute atomic E-state index is 0.000505. The molecule has 5 rings (SSSR count). The highest BCUT2D eigenvalue weighted by Crippen LogP contribution is 2.30. The Hall–Kier alpha value is -2.94. The number of nitrogens with one attached hydrogen (secondary N) is 2. The first kappa shape index (κ1) is 22.8. The van der Waals surface area contributed by atoms with E-state index in [0.29, 0.717) is 37.3 Å². The first-order valence-corrected chi connectivity index (χ1v) is 11.9. The Balaban J connectivity index is 1.14. The number of aliphatic hydroxyl groups excluding tert-OH is 1. The zero-order chi connectivity index (χ0) is 23.7. The highest BCUT2D eigenvalue weighted by Gasteiger charge is 2.40. The number of carbonyl (C=O) groups is 2. The van der Waals surface area contributed by atoms with Gasteiger partial charge in [0, 0.05) is 30.3 Å². The van der Waals surface area contributed by atoms with Crippen molar-refractivity contribution in [1.82, 2.24) is 15.5 Å². The molecular formula is C26H31N3O5. The number of ether oxygens (including phenoxy) is 2. The number of aliphatic hydroxyl groups is 1. The van der Waals surface area contributed by atoms with Gasteiger partial charge in [-0.3, -0.25) is 9.59 Å². The second kappa shape index (κ2) is 9.74. The lowest BCUT2D eigenvalue weighted by Crippen LogP contribution is -2.49. The van der Waals surface area contributed by atoms with Gasteiger partial charge in [0.15, 0.2) is 0 Å². The molecule has 0 aliphatic carbocycles. The van der Waals surface area contributed by atoms with Crippen molar-refractivity contribution in [2.45, 2.75) is 50.0 Å². The van der Waals surface area contributed by atoms with Gasteiger partial charge in [0.05, 0.1) is 38.5 Å². The fourth-order valence-electron chi connectivity index (χ4n) is 5.23. The van der Waals surface area contributed by atoms with Gasteiger partial charge in [-0.05, 0) is 66.8 Å². The molecule has 180 valence electrons. The Morgan fingerprint density at radius 3 is 2.53 bits per heavy atom. The maximum Gasteiger partial charge on any atom is 0.254 e. The second-order valence-corrected chi connectivity index (χ2v) is 9.32. The molecule has 3 aliphatic rings. The van der Waals surface area contributed by atoms with Gasteiger partial charge in [-0.25, -0.2) is 0 Å². The second-order valence-electron chi connectivity index (χ2n) is 9.32. The van der Waals surface area contributed by atoms with Gasteiger partial charge in [0.2, 0.25) is 0 Å². The molecule has 0 radical (unpaired) electrons. The van der Waals surface area contributed by atoms with E-state index < -0.39 is 6.10 Å². The highest BCUT2D eigenvalue weighted by molar-refractivity contribution is 5.98. The lowest BCUT2D eigenvalue weighted by molar-refractivity contribution is -0.00716. The molecule has 0 aromatic heterocycles. The van der Waals surface area contributed by atoms with E-state index in [1.54, 1.807) is 31.4 Å². The van der Waals surface area contributed by atoms with Crippen LogP contribution in [0.5, 0.6) is 5.75 Å². The van der Waals surface area contributed by atoms with Gasteiger partial charge in [-0.2, -0.15) is 0 Å². The average molecular weight is 466 g/mol. The van der Waals surface area contributed by atoms with E-state index in [2.05, 4.69) is 10.6 Å². The van der Waals surface area contributed by atoms with E-state index in [1.807, 2.05) is 23.1 Å². The van der Waals surface area contributed by atoms with Gasteiger partial charge in [0.25, 0.3) is 11.8 Å². The summed E-state index contributed by atoms with van der Waals surface area (Å²) in [5.41, 5.74) is 3.37. The number of fused-ring (bicyclic) bond motifs is 3. The molecule has 2 fully saturated rings. The Morgan fingerprint density at radius 1 is 1.12 bits per heavy atom. The fourth-order valence-corrected chi connectivity index (χ4v) is 5.23. The standard InChI is InChI=1S/C26H31N3O5/c1-33-22-9-6-18-11-23(27-12-19(18)10-22)24(30)13-28-25(31)16-2-4-17(5-3-16)26(32)29-20-7-8-21(29)15-34-14-20/h2-6,9-10,20-21,23-24,27,30H,7-8,11-15H2,1H3,(H,28,31)/t20?,21?,23-,24+/m0/s1. The summed E-state index contributed by atoms with van der Waals surface area (Å²) in [7, 11) is 1.65. The normalized spacial score (nSPS) is 24.3. The molecule has 0 spiro atoms. The molecule has 3 aliphatic heterocycles. The molecule has 2 bridgehead atoms. The zero-order valence-corrected chi connectivity index (χ0v) is 19.3. The predicted octanol–water partition coefficient (Wildman–Crippen LogP) is 1.50. The zero-order valence-electron chi connectivity index (χ0n) is 19.3. The summed E-state index contributed by atoms with van der Waals surface area (Å²) in [5.74, 6) is 0.543. The van der Waals surface area contributed by atoms with Crippen molar-refractivity contribution in [3.05, 3.63) is 64.7 Å². The summed E-state index contributed by atoms with van der Waals surface area (Å²) in [6.45, 7) is 1.98. The lowest BCUT2D eigenvalue weighted by Gasteiger charge is -2.34. The van der Waals surface area contributed by atoms with Gasteiger partial charge in [-0.15, -0.1) is 0 Å². The molecule has 2 aromatic rings. The topological polar surface area (TPSA) is 100 Å². The van der Waals surface area contributed by atoms with Gasteiger partial charge >= 0.3 is 0 Å². The molecule has 2 saturated heterocycles. The van der Waals surface area contributed by atoms with Crippen molar-refractivity contribution in [3.8, 4) is 5.75 Å². The van der Waals surface area contributed by atoms with Crippen LogP contribution < -0.4 is 15.4 Å². The average Bonchev–Trinajstić information content (AvgIpc) is 3.13. The van der Waals surface area contributed by atoms with Gasteiger partial charge < -0.3 is 30.1 Å². The van der Waals surface area contributed by atoms with Crippen molar-refractivity contribution in [1.29, 1.82) is 0 Å².